The first-order valence-electron chi connectivity index (χ1n) is 10.1. The highest BCUT2D eigenvalue weighted by Gasteiger charge is 2.25. The van der Waals surface area contributed by atoms with Crippen LogP contribution in [0.3, 0.4) is 0 Å². The molecule has 152 valence electrons. The Labute approximate surface area is 170 Å². The van der Waals surface area contributed by atoms with Crippen LogP contribution in [0.2, 0.25) is 0 Å². The molecule has 1 atom stereocenters. The summed E-state index contributed by atoms with van der Waals surface area (Å²) in [5.74, 6) is 1.42. The molecule has 0 saturated carbocycles. The third kappa shape index (κ3) is 4.95. The average Bonchev–Trinajstić information content (AvgIpc) is 2.59. The van der Waals surface area contributed by atoms with E-state index in [-0.39, 0.29) is 12.1 Å². The van der Waals surface area contributed by atoms with E-state index in [4.69, 9.17) is 9.47 Å². The average molecular weight is 383 g/mol. The van der Waals surface area contributed by atoms with Gasteiger partial charge in [0.05, 0.1) is 11.5 Å². The summed E-state index contributed by atoms with van der Waals surface area (Å²) in [5, 5.41) is 0. The summed E-state index contributed by atoms with van der Waals surface area (Å²) in [6.07, 6.45) is 1.18. The van der Waals surface area contributed by atoms with Crippen LogP contribution in [0.1, 0.15) is 63.3 Å². The zero-order valence-corrected chi connectivity index (χ0v) is 18.8. The minimum absolute atomic E-state index is 0.199. The SMILES string of the molecule is CCC(C)Oc1c(C)cc(-c2cc(C)c(OC(=O)C(C)(C)C)c(C)c2)cc1C. The molecule has 0 amide bonds. The largest absolute Gasteiger partial charge is 0.490 e. The van der Waals surface area contributed by atoms with Gasteiger partial charge in [-0.25, -0.2) is 0 Å². The van der Waals surface area contributed by atoms with Gasteiger partial charge in [0.15, 0.2) is 0 Å². The Kier molecular flexibility index (Phi) is 6.59. The molecule has 0 radical (unpaired) electrons. The van der Waals surface area contributed by atoms with Crippen LogP contribution in [-0.2, 0) is 4.79 Å². The lowest BCUT2D eigenvalue weighted by Crippen LogP contribution is -2.26. The molecule has 0 spiro atoms. The summed E-state index contributed by atoms with van der Waals surface area (Å²) >= 11 is 0. The standard InChI is InChI=1S/C25H34O3/c1-10-19(6)27-22-15(2)11-20(12-16(22)3)21-13-17(4)23(18(5)14-21)28-24(26)25(7,8)9/h11-14,19H,10H2,1-9H3. The van der Waals surface area contributed by atoms with E-state index in [2.05, 4.69) is 52.0 Å². The van der Waals surface area contributed by atoms with Crippen LogP contribution in [0.4, 0.5) is 0 Å². The third-order valence-corrected chi connectivity index (χ3v) is 4.96. The molecule has 0 aliphatic heterocycles. The number of carbonyl (C=O) groups is 1. The van der Waals surface area contributed by atoms with Crippen molar-refractivity contribution in [3.05, 3.63) is 46.5 Å². The van der Waals surface area contributed by atoms with Gasteiger partial charge in [-0.2, -0.15) is 0 Å². The van der Waals surface area contributed by atoms with Crippen LogP contribution in [0, 0.1) is 33.1 Å². The molecule has 28 heavy (non-hydrogen) atoms. The molecule has 0 aliphatic rings. The van der Waals surface area contributed by atoms with Crippen molar-refractivity contribution in [1.29, 1.82) is 0 Å². The molecule has 2 aromatic rings. The second kappa shape index (κ2) is 8.38. The van der Waals surface area contributed by atoms with E-state index in [1.807, 2.05) is 34.6 Å². The highest BCUT2D eigenvalue weighted by Crippen LogP contribution is 2.35. The van der Waals surface area contributed by atoms with E-state index < -0.39 is 5.41 Å². The smallest absolute Gasteiger partial charge is 0.316 e. The van der Waals surface area contributed by atoms with E-state index in [1.54, 1.807) is 0 Å². The second-order valence-electron chi connectivity index (χ2n) is 8.85. The van der Waals surface area contributed by atoms with Crippen LogP contribution >= 0.6 is 0 Å². The maximum Gasteiger partial charge on any atom is 0.316 e. The molecule has 0 aliphatic carbocycles. The van der Waals surface area contributed by atoms with Gasteiger partial charge >= 0.3 is 5.97 Å². The highest BCUT2D eigenvalue weighted by molar-refractivity contribution is 5.79. The first-order chi connectivity index (χ1) is 12.9. The van der Waals surface area contributed by atoms with Crippen molar-refractivity contribution >= 4 is 5.97 Å². The summed E-state index contributed by atoms with van der Waals surface area (Å²) in [6, 6.07) is 8.50. The van der Waals surface area contributed by atoms with E-state index in [1.165, 1.54) is 0 Å². The molecule has 0 fully saturated rings. The van der Waals surface area contributed by atoms with Gasteiger partial charge in [-0.3, -0.25) is 4.79 Å². The first kappa shape index (κ1) is 22.0. The molecule has 3 heteroatoms. The number of rotatable bonds is 5. The van der Waals surface area contributed by atoms with Crippen molar-refractivity contribution in [2.75, 3.05) is 0 Å². The maximum absolute atomic E-state index is 12.3. The lowest BCUT2D eigenvalue weighted by molar-refractivity contribution is -0.143. The van der Waals surface area contributed by atoms with E-state index >= 15 is 0 Å². The normalized spacial score (nSPS) is 12.6. The number of ether oxygens (including phenoxy) is 2. The van der Waals surface area contributed by atoms with Gasteiger partial charge in [0, 0.05) is 0 Å². The molecule has 0 N–H and O–H groups in total. The van der Waals surface area contributed by atoms with Gasteiger partial charge in [0.25, 0.3) is 0 Å². The Morgan fingerprint density at radius 2 is 1.25 bits per heavy atom. The van der Waals surface area contributed by atoms with Gasteiger partial charge in [0.1, 0.15) is 11.5 Å². The first-order valence-corrected chi connectivity index (χ1v) is 10.1. The molecule has 2 rings (SSSR count). The van der Waals surface area contributed by atoms with E-state index in [0.717, 1.165) is 45.6 Å². The second-order valence-corrected chi connectivity index (χ2v) is 8.85. The Hall–Kier alpha value is -2.29. The molecule has 3 nitrogen and oxygen atoms in total. The van der Waals surface area contributed by atoms with Crippen LogP contribution in [0.5, 0.6) is 11.5 Å². The zero-order chi connectivity index (χ0) is 21.2. The number of aryl methyl sites for hydroxylation is 4. The van der Waals surface area contributed by atoms with E-state index in [9.17, 15) is 4.79 Å². The minimum atomic E-state index is -0.531. The summed E-state index contributed by atoms with van der Waals surface area (Å²) in [5.41, 5.74) is 5.92. The van der Waals surface area contributed by atoms with Gasteiger partial charge < -0.3 is 9.47 Å². The van der Waals surface area contributed by atoms with Crippen molar-refractivity contribution in [2.24, 2.45) is 5.41 Å². The maximum atomic E-state index is 12.3. The Morgan fingerprint density at radius 3 is 1.61 bits per heavy atom. The fraction of sp³-hybridized carbons (Fsp3) is 0.480. The number of hydrogen-bond acceptors (Lipinski definition) is 3. The van der Waals surface area contributed by atoms with Crippen molar-refractivity contribution in [3.8, 4) is 22.6 Å². The predicted molar refractivity (Wildman–Crippen MR) is 116 cm³/mol. The van der Waals surface area contributed by atoms with Gasteiger partial charge in [-0.05, 0) is 119 Å². The number of esters is 1. The molecular formula is C25H34O3. The number of benzene rings is 2. The van der Waals surface area contributed by atoms with Gasteiger partial charge in [-0.1, -0.05) is 6.92 Å². The zero-order valence-electron chi connectivity index (χ0n) is 18.8. The quantitative estimate of drug-likeness (QED) is 0.425. The fourth-order valence-corrected chi connectivity index (χ4v) is 3.11. The molecule has 0 saturated heterocycles. The van der Waals surface area contributed by atoms with E-state index in [0.29, 0.717) is 5.75 Å². The Bertz CT molecular complexity index is 826. The predicted octanol–water partition coefficient (Wildman–Crippen LogP) is 6.72. The summed E-state index contributed by atoms with van der Waals surface area (Å²) in [6.45, 7) is 18.0. The lowest BCUT2D eigenvalue weighted by Gasteiger charge is -2.20. The molecule has 2 aromatic carbocycles. The van der Waals surface area contributed by atoms with Crippen molar-refractivity contribution in [1.82, 2.24) is 0 Å². The summed E-state index contributed by atoms with van der Waals surface area (Å²) in [7, 11) is 0. The lowest BCUT2D eigenvalue weighted by atomic mass is 9.95. The number of carbonyl (C=O) groups excluding carboxylic acids is 1. The van der Waals surface area contributed by atoms with Crippen molar-refractivity contribution in [3.63, 3.8) is 0 Å². The van der Waals surface area contributed by atoms with Gasteiger partial charge in [-0.15, -0.1) is 0 Å². The molecule has 0 aromatic heterocycles. The van der Waals surface area contributed by atoms with Crippen molar-refractivity contribution in [2.45, 2.75) is 74.8 Å². The molecule has 0 bridgehead atoms. The topological polar surface area (TPSA) is 35.5 Å². The van der Waals surface area contributed by atoms with Crippen molar-refractivity contribution < 1.29 is 14.3 Å². The molecular weight excluding hydrogens is 348 g/mol. The van der Waals surface area contributed by atoms with Crippen LogP contribution < -0.4 is 9.47 Å². The van der Waals surface area contributed by atoms with Crippen LogP contribution in [-0.4, -0.2) is 12.1 Å². The highest BCUT2D eigenvalue weighted by atomic mass is 16.5. The van der Waals surface area contributed by atoms with Crippen LogP contribution in [0.25, 0.3) is 11.1 Å². The molecule has 0 heterocycles. The van der Waals surface area contributed by atoms with Gasteiger partial charge in [0.2, 0.25) is 0 Å². The summed E-state index contributed by atoms with van der Waals surface area (Å²) < 4.78 is 11.8. The minimum Gasteiger partial charge on any atom is -0.490 e. The van der Waals surface area contributed by atoms with Crippen LogP contribution in [0.15, 0.2) is 24.3 Å². The number of hydrogen-bond donors (Lipinski definition) is 0. The Morgan fingerprint density at radius 1 is 0.857 bits per heavy atom. The molecule has 1 unspecified atom stereocenters. The Balaban J connectivity index is 2.40. The summed E-state index contributed by atoms with van der Waals surface area (Å²) in [4.78, 5) is 12.3. The monoisotopic (exact) mass is 382 g/mol. The fourth-order valence-electron chi connectivity index (χ4n) is 3.11. The third-order valence-electron chi connectivity index (χ3n) is 4.96.